The van der Waals surface area contributed by atoms with Crippen LogP contribution in [-0.4, -0.2) is 35.6 Å². The van der Waals surface area contributed by atoms with Crippen LogP contribution in [0.3, 0.4) is 0 Å². The van der Waals surface area contributed by atoms with Gasteiger partial charge >= 0.3 is 0 Å². The first-order chi connectivity index (χ1) is 10.6. The van der Waals surface area contributed by atoms with Gasteiger partial charge in [0.1, 0.15) is 11.9 Å². The number of carbonyl (C=O) groups excluding carboxylic acids is 1. The first kappa shape index (κ1) is 16.1. The zero-order valence-corrected chi connectivity index (χ0v) is 13.5. The average molecular weight is 300 g/mol. The highest BCUT2D eigenvalue weighted by Gasteiger charge is 2.15. The minimum absolute atomic E-state index is 0.0310. The number of nitrogens with one attached hydrogen (secondary N) is 1. The molecule has 22 heavy (non-hydrogen) atoms. The molecule has 5 heteroatoms. The van der Waals surface area contributed by atoms with E-state index in [0.717, 1.165) is 18.8 Å². The molecule has 118 valence electrons. The van der Waals surface area contributed by atoms with Crippen LogP contribution < -0.4 is 10.2 Å². The van der Waals surface area contributed by atoms with Crippen molar-refractivity contribution >= 4 is 11.6 Å². The summed E-state index contributed by atoms with van der Waals surface area (Å²) in [6.07, 6.45) is 4.46. The molecule has 2 rings (SSSR count). The van der Waals surface area contributed by atoms with Gasteiger partial charge in [-0.1, -0.05) is 18.2 Å². The van der Waals surface area contributed by atoms with Crippen molar-refractivity contribution in [3.05, 3.63) is 48.5 Å². The smallest absolute Gasteiger partial charge is 0.242 e. The number of carbonyl (C=O) groups is 1. The zero-order valence-electron chi connectivity index (χ0n) is 13.5. The van der Waals surface area contributed by atoms with E-state index in [2.05, 4.69) is 34.4 Å². The van der Waals surface area contributed by atoms with Gasteiger partial charge in [0.25, 0.3) is 0 Å². The number of aromatic nitrogens is 2. The third kappa shape index (κ3) is 4.10. The number of anilines is 1. The average Bonchev–Trinajstić information content (AvgIpc) is 2.97. The summed E-state index contributed by atoms with van der Waals surface area (Å²) in [5.74, 6) is 0.884. The minimum Gasteiger partial charge on any atom is -0.375 e. The summed E-state index contributed by atoms with van der Waals surface area (Å²) in [7, 11) is 2.06. The summed E-state index contributed by atoms with van der Waals surface area (Å²) in [4.78, 5) is 18.5. The number of para-hydroxylation sites is 1. The molecule has 1 heterocycles. The normalized spacial score (nSPS) is 12.0. The van der Waals surface area contributed by atoms with E-state index in [4.69, 9.17) is 0 Å². The van der Waals surface area contributed by atoms with E-state index < -0.39 is 0 Å². The summed E-state index contributed by atoms with van der Waals surface area (Å²) in [6, 6.07) is 10.0. The van der Waals surface area contributed by atoms with Gasteiger partial charge in [-0.3, -0.25) is 4.79 Å². The summed E-state index contributed by atoms with van der Waals surface area (Å²) in [6.45, 7) is 5.37. The Labute approximate surface area is 132 Å². The lowest BCUT2D eigenvalue weighted by atomic mass is 10.2. The van der Waals surface area contributed by atoms with E-state index in [0.29, 0.717) is 6.54 Å². The Balaban J connectivity index is 1.72. The van der Waals surface area contributed by atoms with Gasteiger partial charge in [-0.2, -0.15) is 0 Å². The van der Waals surface area contributed by atoms with Crippen LogP contribution in [0.25, 0.3) is 0 Å². The van der Waals surface area contributed by atoms with Crippen LogP contribution in [0, 0.1) is 6.92 Å². The number of amides is 1. The second kappa shape index (κ2) is 7.64. The van der Waals surface area contributed by atoms with Gasteiger partial charge in [0, 0.05) is 38.2 Å². The van der Waals surface area contributed by atoms with Gasteiger partial charge in [-0.05, 0) is 32.4 Å². The summed E-state index contributed by atoms with van der Waals surface area (Å²) in [5.41, 5.74) is 1.19. The summed E-state index contributed by atoms with van der Waals surface area (Å²) >= 11 is 0. The van der Waals surface area contributed by atoms with Crippen LogP contribution in [0.2, 0.25) is 0 Å². The number of hydrogen-bond donors (Lipinski definition) is 1. The molecule has 2 aromatic rings. The fraction of sp³-hybridized carbons (Fsp3) is 0.412. The van der Waals surface area contributed by atoms with Gasteiger partial charge in [0.15, 0.2) is 0 Å². The number of nitrogens with zero attached hydrogens (tertiary/aromatic N) is 3. The maximum absolute atomic E-state index is 12.1. The van der Waals surface area contributed by atoms with Crippen molar-refractivity contribution < 1.29 is 4.79 Å². The van der Waals surface area contributed by atoms with Crippen molar-refractivity contribution in [1.82, 2.24) is 14.9 Å². The molecule has 0 spiro atoms. The van der Waals surface area contributed by atoms with Crippen LogP contribution in [-0.2, 0) is 4.79 Å². The molecule has 0 saturated carbocycles. The molecule has 0 aliphatic rings. The van der Waals surface area contributed by atoms with Crippen molar-refractivity contribution in [2.45, 2.75) is 26.3 Å². The molecular formula is C17H24N4O. The van der Waals surface area contributed by atoms with Crippen molar-refractivity contribution in [2.75, 3.05) is 25.0 Å². The highest BCUT2D eigenvalue weighted by molar-refractivity contribution is 5.79. The number of hydrogen-bond acceptors (Lipinski definition) is 3. The molecule has 0 fully saturated rings. The lowest BCUT2D eigenvalue weighted by molar-refractivity contribution is -0.123. The van der Waals surface area contributed by atoms with Crippen LogP contribution in [0.5, 0.6) is 0 Å². The lowest BCUT2D eigenvalue weighted by Crippen LogP contribution is -2.33. The van der Waals surface area contributed by atoms with Crippen molar-refractivity contribution in [3.8, 4) is 0 Å². The van der Waals surface area contributed by atoms with E-state index in [1.54, 1.807) is 6.20 Å². The Morgan fingerprint density at radius 3 is 2.73 bits per heavy atom. The molecule has 0 aliphatic carbocycles. The van der Waals surface area contributed by atoms with E-state index in [-0.39, 0.29) is 11.9 Å². The summed E-state index contributed by atoms with van der Waals surface area (Å²) in [5, 5.41) is 2.99. The third-order valence-corrected chi connectivity index (χ3v) is 3.83. The van der Waals surface area contributed by atoms with Crippen molar-refractivity contribution in [2.24, 2.45) is 0 Å². The fourth-order valence-electron chi connectivity index (χ4n) is 2.41. The molecule has 1 atom stereocenters. The molecule has 0 bridgehead atoms. The standard InChI is InChI=1S/C17H24N4O/c1-14(21-13-11-18-15(21)2)17(22)19-10-7-12-20(3)16-8-5-4-6-9-16/h4-6,8-9,11,13-14H,7,10,12H2,1-3H3,(H,19,22)/t14-/m0/s1. The van der Waals surface area contributed by atoms with Crippen LogP contribution in [0.15, 0.2) is 42.7 Å². The molecule has 1 aromatic heterocycles. The summed E-state index contributed by atoms with van der Waals surface area (Å²) < 4.78 is 1.88. The van der Waals surface area contributed by atoms with Crippen molar-refractivity contribution in [1.29, 1.82) is 0 Å². The number of rotatable bonds is 7. The van der Waals surface area contributed by atoms with Crippen molar-refractivity contribution in [3.63, 3.8) is 0 Å². The SMILES string of the molecule is Cc1nccn1[C@@H](C)C(=O)NCCCN(C)c1ccccc1. The molecule has 0 unspecified atom stereocenters. The first-order valence-corrected chi connectivity index (χ1v) is 7.63. The van der Waals surface area contributed by atoms with E-state index in [9.17, 15) is 4.79 Å². The van der Waals surface area contributed by atoms with E-state index in [1.807, 2.05) is 42.8 Å². The van der Waals surface area contributed by atoms with Crippen LogP contribution in [0.1, 0.15) is 25.2 Å². The Hall–Kier alpha value is -2.30. The van der Waals surface area contributed by atoms with Crippen LogP contribution in [0.4, 0.5) is 5.69 Å². The first-order valence-electron chi connectivity index (χ1n) is 7.63. The zero-order chi connectivity index (χ0) is 15.9. The Kier molecular flexibility index (Phi) is 5.58. The molecule has 1 amide bonds. The molecule has 5 nitrogen and oxygen atoms in total. The highest BCUT2D eigenvalue weighted by Crippen LogP contribution is 2.11. The topological polar surface area (TPSA) is 50.2 Å². The lowest BCUT2D eigenvalue weighted by Gasteiger charge is -2.20. The maximum Gasteiger partial charge on any atom is 0.242 e. The largest absolute Gasteiger partial charge is 0.375 e. The van der Waals surface area contributed by atoms with E-state index >= 15 is 0 Å². The van der Waals surface area contributed by atoms with Gasteiger partial charge in [-0.25, -0.2) is 4.98 Å². The molecule has 1 aromatic carbocycles. The van der Waals surface area contributed by atoms with Gasteiger partial charge in [0.05, 0.1) is 0 Å². The molecule has 0 saturated heterocycles. The molecule has 1 N–H and O–H groups in total. The predicted molar refractivity (Wildman–Crippen MR) is 89.0 cm³/mol. The molecular weight excluding hydrogens is 276 g/mol. The Morgan fingerprint density at radius 1 is 1.36 bits per heavy atom. The Bertz CT molecular complexity index is 594. The number of aryl methyl sites for hydroxylation is 1. The number of imidazole rings is 1. The predicted octanol–water partition coefficient (Wildman–Crippen LogP) is 2.40. The maximum atomic E-state index is 12.1. The van der Waals surface area contributed by atoms with Crippen LogP contribution >= 0.6 is 0 Å². The fourth-order valence-corrected chi connectivity index (χ4v) is 2.41. The van der Waals surface area contributed by atoms with Gasteiger partial charge in [-0.15, -0.1) is 0 Å². The molecule has 0 radical (unpaired) electrons. The van der Waals surface area contributed by atoms with Gasteiger partial charge in [0.2, 0.25) is 5.91 Å². The second-order valence-corrected chi connectivity index (χ2v) is 5.46. The van der Waals surface area contributed by atoms with E-state index in [1.165, 1.54) is 5.69 Å². The Morgan fingerprint density at radius 2 is 2.09 bits per heavy atom. The minimum atomic E-state index is -0.227. The van der Waals surface area contributed by atoms with Gasteiger partial charge < -0.3 is 14.8 Å². The monoisotopic (exact) mass is 300 g/mol. The quantitative estimate of drug-likeness (QED) is 0.799. The third-order valence-electron chi connectivity index (χ3n) is 3.83. The highest BCUT2D eigenvalue weighted by atomic mass is 16.2. The number of benzene rings is 1. The second-order valence-electron chi connectivity index (χ2n) is 5.46. The molecule has 0 aliphatic heterocycles.